The van der Waals surface area contributed by atoms with Crippen molar-refractivity contribution in [1.29, 1.82) is 0 Å². The molecule has 1 amide bonds. The molecule has 2 N–H and O–H groups in total. The monoisotopic (exact) mass is 1200 g/mol. The van der Waals surface area contributed by atoms with Gasteiger partial charge in [0, 0.05) is 6.42 Å². The Morgan fingerprint density at radius 3 is 1.06 bits per heavy atom. The molecule has 9 heteroatoms. The van der Waals surface area contributed by atoms with E-state index in [1.54, 1.807) is 0 Å². The number of allylic oxidation sites excluding steroid dienone is 12. The third-order valence-electron chi connectivity index (χ3n) is 16.5. The van der Waals surface area contributed by atoms with Crippen molar-refractivity contribution in [3.63, 3.8) is 0 Å². The van der Waals surface area contributed by atoms with Crippen LogP contribution in [0.15, 0.2) is 72.9 Å². The quantitative estimate of drug-likeness (QED) is 0.0272. The predicted molar refractivity (Wildman–Crippen MR) is 367 cm³/mol. The first-order chi connectivity index (χ1) is 41.0. The Balaban J connectivity index is 4.01. The molecule has 84 heavy (non-hydrogen) atoms. The van der Waals surface area contributed by atoms with E-state index >= 15 is 0 Å². The topological polar surface area (TPSA) is 108 Å². The molecule has 0 radical (unpaired) electrons. The molecule has 0 aliphatic rings. The average molecular weight is 1200 g/mol. The molecule has 8 nitrogen and oxygen atoms in total. The second-order valence-electron chi connectivity index (χ2n) is 25.9. The van der Waals surface area contributed by atoms with Crippen molar-refractivity contribution in [3.8, 4) is 0 Å². The Morgan fingerprint density at radius 2 is 0.726 bits per heavy atom. The minimum Gasteiger partial charge on any atom is -0.756 e. The van der Waals surface area contributed by atoms with E-state index in [9.17, 15) is 19.4 Å². The van der Waals surface area contributed by atoms with Gasteiger partial charge in [-0.05, 0) is 64.2 Å². The van der Waals surface area contributed by atoms with E-state index in [-0.39, 0.29) is 19.1 Å². The molecule has 492 valence electrons. The first kappa shape index (κ1) is 81.9. The molecule has 0 fully saturated rings. The largest absolute Gasteiger partial charge is 0.756 e. The van der Waals surface area contributed by atoms with Crippen LogP contribution in [-0.2, 0) is 18.4 Å². The van der Waals surface area contributed by atoms with E-state index < -0.39 is 20.0 Å². The van der Waals surface area contributed by atoms with E-state index in [1.807, 2.05) is 21.1 Å². The van der Waals surface area contributed by atoms with Crippen molar-refractivity contribution in [1.82, 2.24) is 5.32 Å². The van der Waals surface area contributed by atoms with Gasteiger partial charge in [0.05, 0.1) is 39.9 Å². The zero-order chi connectivity index (χ0) is 61.2. The van der Waals surface area contributed by atoms with Gasteiger partial charge in [-0.15, -0.1) is 0 Å². The summed E-state index contributed by atoms with van der Waals surface area (Å²) < 4.78 is 23.6. The highest BCUT2D eigenvalue weighted by molar-refractivity contribution is 7.45. The summed E-state index contributed by atoms with van der Waals surface area (Å²) in [5.74, 6) is -0.161. The summed E-state index contributed by atoms with van der Waals surface area (Å²) in [6.07, 6.45) is 91.3. The summed E-state index contributed by atoms with van der Waals surface area (Å²) in [6, 6.07) is -0.805. The first-order valence-electron chi connectivity index (χ1n) is 36.3. The fraction of sp³-hybridized carbons (Fsp3) is 0.827. The van der Waals surface area contributed by atoms with Crippen LogP contribution in [0.1, 0.15) is 348 Å². The Kier molecular flexibility index (Phi) is 63.8. The number of nitrogens with one attached hydrogen (secondary N) is 1. The van der Waals surface area contributed by atoms with Gasteiger partial charge < -0.3 is 28.8 Å². The number of hydrogen-bond donors (Lipinski definition) is 2. The zero-order valence-electron chi connectivity index (χ0n) is 56.4. The molecule has 0 aromatic carbocycles. The summed E-state index contributed by atoms with van der Waals surface area (Å²) in [6.45, 7) is 4.65. The second kappa shape index (κ2) is 65.4. The second-order valence-corrected chi connectivity index (χ2v) is 27.3. The SMILES string of the molecule is CC/C=C\C/C=C\C/C=C\C/C=C\C/C=C\C/C=C\CCCCCCCCCCCCCCCCCCC(=O)NC(COP(=O)([O-])OCC[N+](C)(C)C)C(O)CCCCCCCCCCCCCCCCCCCCCCCCCCCCC. The summed E-state index contributed by atoms with van der Waals surface area (Å²) in [4.78, 5) is 25.7. The van der Waals surface area contributed by atoms with Gasteiger partial charge in [-0.2, -0.15) is 0 Å². The number of hydrogen-bond acceptors (Lipinski definition) is 6. The predicted octanol–water partition coefficient (Wildman–Crippen LogP) is 22.7. The molecule has 3 unspecified atom stereocenters. The van der Waals surface area contributed by atoms with Gasteiger partial charge in [0.25, 0.3) is 7.82 Å². The summed E-state index contributed by atoms with van der Waals surface area (Å²) in [5, 5.41) is 14.1. The van der Waals surface area contributed by atoms with Crippen molar-refractivity contribution in [2.45, 2.75) is 360 Å². The minimum atomic E-state index is -4.58. The van der Waals surface area contributed by atoms with Crippen LogP contribution in [0, 0.1) is 0 Å². The highest BCUT2D eigenvalue weighted by atomic mass is 31.2. The van der Waals surface area contributed by atoms with Crippen LogP contribution in [0.5, 0.6) is 0 Å². The van der Waals surface area contributed by atoms with Gasteiger partial charge in [-0.3, -0.25) is 9.36 Å². The Hall–Kier alpha value is -2.06. The molecule has 0 spiro atoms. The fourth-order valence-electron chi connectivity index (χ4n) is 10.9. The van der Waals surface area contributed by atoms with E-state index in [0.29, 0.717) is 23.9 Å². The van der Waals surface area contributed by atoms with Crippen LogP contribution in [0.25, 0.3) is 0 Å². The fourth-order valence-corrected chi connectivity index (χ4v) is 11.6. The number of phosphoric acid groups is 1. The maximum Gasteiger partial charge on any atom is 0.268 e. The third kappa shape index (κ3) is 67.4. The van der Waals surface area contributed by atoms with Crippen LogP contribution in [0.3, 0.4) is 0 Å². The Labute approximate surface area is 523 Å². The molecule has 0 aromatic rings. The molecule has 0 saturated carbocycles. The lowest BCUT2D eigenvalue weighted by Crippen LogP contribution is -2.46. The molecule has 0 rings (SSSR count). The van der Waals surface area contributed by atoms with E-state index in [4.69, 9.17) is 9.05 Å². The van der Waals surface area contributed by atoms with Crippen LogP contribution >= 0.6 is 7.82 Å². The maximum atomic E-state index is 13.1. The van der Waals surface area contributed by atoms with Crippen molar-refractivity contribution in [2.75, 3.05) is 40.9 Å². The highest BCUT2D eigenvalue weighted by Gasteiger charge is 2.24. The van der Waals surface area contributed by atoms with Crippen molar-refractivity contribution in [2.24, 2.45) is 0 Å². The van der Waals surface area contributed by atoms with Gasteiger partial charge >= 0.3 is 0 Å². The third-order valence-corrected chi connectivity index (χ3v) is 17.4. The standard InChI is InChI=1S/C75H141N2O6P/c1-6-8-10-12-14-16-18-20-22-24-26-28-30-32-34-35-36-37-38-39-40-41-43-45-47-49-51-53-55-57-59-61-63-65-67-69-75(79)76-73(72-83-84(80,81)82-71-70-77(3,4)5)74(78)68-66-64-62-60-58-56-54-52-50-48-46-44-42-33-31-29-27-25-23-21-19-17-15-13-11-9-7-2/h8,10,14,16,20,22,26,28,32,34,36-37,73-74,78H,6-7,9,11-13,15,17-19,21,23-25,27,29-31,33,35,38-72H2,1-5H3,(H-,76,79,80,81)/b10-8-,16-14-,22-20-,28-26-,34-32-,37-36-. The Bertz CT molecular complexity index is 1600. The molecule has 3 atom stereocenters. The number of carbonyl (C=O) groups excluding carboxylic acids is 1. The van der Waals surface area contributed by atoms with Crippen molar-refractivity contribution >= 4 is 13.7 Å². The molecule has 0 bridgehead atoms. The highest BCUT2D eigenvalue weighted by Crippen LogP contribution is 2.38. The summed E-state index contributed by atoms with van der Waals surface area (Å²) in [5.41, 5.74) is 0. The van der Waals surface area contributed by atoms with Gasteiger partial charge in [-0.25, -0.2) is 0 Å². The lowest BCUT2D eigenvalue weighted by molar-refractivity contribution is -0.870. The number of rotatable bonds is 67. The molecule has 0 aromatic heterocycles. The molecule has 0 heterocycles. The molecular formula is C75H141N2O6P. The van der Waals surface area contributed by atoms with Gasteiger partial charge in [0.15, 0.2) is 0 Å². The van der Waals surface area contributed by atoms with Gasteiger partial charge in [0.1, 0.15) is 13.2 Å². The number of likely N-dealkylation sites (N-methyl/N-ethyl adjacent to an activating group) is 1. The maximum absolute atomic E-state index is 13.1. The summed E-state index contributed by atoms with van der Waals surface area (Å²) in [7, 11) is 1.31. The number of carbonyl (C=O) groups is 1. The minimum absolute atomic E-state index is 0.0118. The average Bonchev–Trinajstić information content (AvgIpc) is 3.56. The first-order valence-corrected chi connectivity index (χ1v) is 37.7. The molecule has 0 aliphatic carbocycles. The number of phosphoric ester groups is 1. The number of quaternary nitrogens is 1. The number of amides is 1. The smallest absolute Gasteiger partial charge is 0.268 e. The van der Waals surface area contributed by atoms with Gasteiger partial charge in [-0.1, -0.05) is 350 Å². The number of aliphatic hydroxyl groups is 1. The molecule has 0 aliphatic heterocycles. The van der Waals surface area contributed by atoms with Crippen molar-refractivity contribution in [3.05, 3.63) is 72.9 Å². The van der Waals surface area contributed by atoms with E-state index in [2.05, 4.69) is 92.1 Å². The zero-order valence-corrected chi connectivity index (χ0v) is 57.3. The molecular weight excluding hydrogens is 1060 g/mol. The number of unbranched alkanes of at least 4 members (excludes halogenated alkanes) is 42. The lowest BCUT2D eigenvalue weighted by Gasteiger charge is -2.30. The van der Waals surface area contributed by atoms with E-state index in [1.165, 1.54) is 244 Å². The van der Waals surface area contributed by atoms with E-state index in [0.717, 1.165) is 77.0 Å². The van der Waals surface area contributed by atoms with Crippen LogP contribution in [0.2, 0.25) is 0 Å². The van der Waals surface area contributed by atoms with Crippen LogP contribution < -0.4 is 10.2 Å². The number of aliphatic hydroxyl groups excluding tert-OH is 1. The van der Waals surface area contributed by atoms with Crippen LogP contribution in [-0.4, -0.2) is 68.5 Å². The normalized spacial score (nSPS) is 14.0. The molecule has 0 saturated heterocycles. The number of nitrogens with zero attached hydrogens (tertiary/aromatic N) is 1. The Morgan fingerprint density at radius 1 is 0.429 bits per heavy atom. The van der Waals surface area contributed by atoms with Crippen LogP contribution in [0.4, 0.5) is 0 Å². The van der Waals surface area contributed by atoms with Gasteiger partial charge in [0.2, 0.25) is 5.91 Å². The lowest BCUT2D eigenvalue weighted by atomic mass is 10.0. The van der Waals surface area contributed by atoms with Crippen molar-refractivity contribution < 1.29 is 32.9 Å². The summed E-state index contributed by atoms with van der Waals surface area (Å²) >= 11 is 0.